The van der Waals surface area contributed by atoms with E-state index in [1.54, 1.807) is 45.0 Å². The van der Waals surface area contributed by atoms with E-state index < -0.39 is 12.0 Å². The monoisotopic (exact) mass is 334 g/mol. The Morgan fingerprint density at radius 3 is 2.39 bits per heavy atom. The first-order valence-electron chi connectivity index (χ1n) is 7.19. The zero-order chi connectivity index (χ0) is 17.1. The number of halogens is 1. The van der Waals surface area contributed by atoms with Gasteiger partial charge in [0.2, 0.25) is 5.78 Å². The highest BCUT2D eigenvalue weighted by Gasteiger charge is 2.25. The van der Waals surface area contributed by atoms with Crippen molar-refractivity contribution in [1.82, 2.24) is 4.98 Å². The molecule has 0 fully saturated rings. The number of hydrogen-bond acceptors (Lipinski definition) is 4. The average molecular weight is 335 g/mol. The van der Waals surface area contributed by atoms with Crippen LogP contribution >= 0.6 is 11.6 Å². The van der Waals surface area contributed by atoms with Crippen LogP contribution in [0.15, 0.2) is 24.3 Å². The molecule has 122 valence electrons. The van der Waals surface area contributed by atoms with Gasteiger partial charge in [-0.25, -0.2) is 4.79 Å². The van der Waals surface area contributed by atoms with E-state index in [9.17, 15) is 9.59 Å². The Hall–Kier alpha value is -2.27. The van der Waals surface area contributed by atoms with Crippen molar-refractivity contribution in [2.75, 3.05) is 12.4 Å². The van der Waals surface area contributed by atoms with E-state index in [0.717, 1.165) is 5.69 Å². The molecular formula is C17H19ClN2O3. The summed E-state index contributed by atoms with van der Waals surface area (Å²) in [7, 11) is 1.32. The van der Waals surface area contributed by atoms with Crippen molar-refractivity contribution in [1.29, 1.82) is 0 Å². The summed E-state index contributed by atoms with van der Waals surface area (Å²) in [5, 5.41) is 3.75. The van der Waals surface area contributed by atoms with Gasteiger partial charge in [-0.2, -0.15) is 0 Å². The molecule has 6 heteroatoms. The van der Waals surface area contributed by atoms with E-state index >= 15 is 0 Å². The minimum absolute atomic E-state index is 0.129. The summed E-state index contributed by atoms with van der Waals surface area (Å²) in [5.74, 6) is -0.579. The molecule has 0 aliphatic rings. The van der Waals surface area contributed by atoms with Gasteiger partial charge in [0.25, 0.3) is 0 Å². The van der Waals surface area contributed by atoms with Crippen LogP contribution in [0.4, 0.5) is 5.69 Å². The van der Waals surface area contributed by atoms with Crippen molar-refractivity contribution >= 4 is 29.0 Å². The third-order valence-electron chi connectivity index (χ3n) is 3.69. The smallest absolute Gasteiger partial charge is 0.339 e. The lowest BCUT2D eigenvalue weighted by molar-refractivity contribution is 0.0599. The minimum Gasteiger partial charge on any atom is -0.465 e. The number of hydrogen-bond donors (Lipinski definition) is 2. The number of carbonyl (C=O) groups excluding carboxylic acids is 2. The molecule has 0 aliphatic heterocycles. The average Bonchev–Trinajstić information content (AvgIpc) is 2.82. The normalized spacial score (nSPS) is 11.9. The zero-order valence-corrected chi connectivity index (χ0v) is 14.2. The number of aromatic amines is 1. The maximum absolute atomic E-state index is 12.6. The molecule has 1 atom stereocenters. The number of H-pyrrole nitrogens is 1. The molecule has 23 heavy (non-hydrogen) atoms. The van der Waals surface area contributed by atoms with Crippen LogP contribution in [0.3, 0.4) is 0 Å². The molecule has 1 aromatic carbocycles. The first-order valence-corrected chi connectivity index (χ1v) is 7.56. The number of aromatic nitrogens is 1. The molecule has 0 unspecified atom stereocenters. The SMILES string of the molecule is COC(=O)c1c(C)[nH]c(C(=O)[C@@H](C)Nc2ccc(Cl)cc2)c1C. The molecule has 0 aliphatic carbocycles. The Kier molecular flexibility index (Phi) is 5.11. The Morgan fingerprint density at radius 2 is 1.83 bits per heavy atom. The van der Waals surface area contributed by atoms with Crippen molar-refractivity contribution in [2.45, 2.75) is 26.8 Å². The fraction of sp³-hybridized carbons (Fsp3) is 0.294. The standard InChI is InChI=1S/C17H19ClN2O3/c1-9-14(17(22)23-4)10(2)20-15(9)16(21)11(3)19-13-7-5-12(18)6-8-13/h5-8,11,19-20H,1-4H3/t11-/m1/s1. The third kappa shape index (κ3) is 3.56. The van der Waals surface area contributed by atoms with Gasteiger partial charge in [0.15, 0.2) is 0 Å². The van der Waals surface area contributed by atoms with Crippen LogP contribution in [0.1, 0.15) is 39.0 Å². The van der Waals surface area contributed by atoms with Gasteiger partial charge in [-0.15, -0.1) is 0 Å². The number of nitrogens with one attached hydrogen (secondary N) is 2. The molecular weight excluding hydrogens is 316 g/mol. The maximum Gasteiger partial charge on any atom is 0.339 e. The van der Waals surface area contributed by atoms with Crippen LogP contribution in [0.25, 0.3) is 0 Å². The van der Waals surface area contributed by atoms with Crippen molar-refractivity contribution in [3.8, 4) is 0 Å². The van der Waals surface area contributed by atoms with E-state index in [-0.39, 0.29) is 5.78 Å². The number of rotatable bonds is 5. The van der Waals surface area contributed by atoms with Crippen LogP contribution in [-0.2, 0) is 4.74 Å². The van der Waals surface area contributed by atoms with E-state index in [1.165, 1.54) is 7.11 Å². The van der Waals surface area contributed by atoms with Crippen molar-refractivity contribution in [2.24, 2.45) is 0 Å². The van der Waals surface area contributed by atoms with Gasteiger partial charge < -0.3 is 15.0 Å². The topological polar surface area (TPSA) is 71.2 Å². The molecule has 2 N–H and O–H groups in total. The Balaban J connectivity index is 2.23. The molecule has 2 rings (SSSR count). The maximum atomic E-state index is 12.6. The second-order valence-electron chi connectivity index (χ2n) is 5.35. The molecule has 0 radical (unpaired) electrons. The summed E-state index contributed by atoms with van der Waals surface area (Å²) in [6.07, 6.45) is 0. The van der Waals surface area contributed by atoms with Crippen LogP contribution < -0.4 is 5.32 Å². The predicted octanol–water partition coefficient (Wildman–Crippen LogP) is 3.75. The fourth-order valence-corrected chi connectivity index (χ4v) is 2.61. The van der Waals surface area contributed by atoms with Gasteiger partial charge in [0.1, 0.15) is 0 Å². The fourth-order valence-electron chi connectivity index (χ4n) is 2.48. The number of esters is 1. The van der Waals surface area contributed by atoms with Crippen molar-refractivity contribution in [3.63, 3.8) is 0 Å². The summed E-state index contributed by atoms with van der Waals surface area (Å²) >= 11 is 5.85. The number of benzene rings is 1. The third-order valence-corrected chi connectivity index (χ3v) is 3.95. The lowest BCUT2D eigenvalue weighted by atomic mass is 10.0. The molecule has 2 aromatic rings. The number of ketones is 1. The van der Waals surface area contributed by atoms with E-state index in [4.69, 9.17) is 16.3 Å². The quantitative estimate of drug-likeness (QED) is 0.645. The Bertz CT molecular complexity index is 735. The molecule has 5 nitrogen and oxygen atoms in total. The lowest BCUT2D eigenvalue weighted by Gasteiger charge is -2.14. The van der Waals surface area contributed by atoms with Gasteiger partial charge in [0, 0.05) is 16.4 Å². The summed E-state index contributed by atoms with van der Waals surface area (Å²) < 4.78 is 4.76. The first kappa shape index (κ1) is 17.1. The van der Waals surface area contributed by atoms with Crippen LogP contribution in [0, 0.1) is 13.8 Å². The highest BCUT2D eigenvalue weighted by atomic mass is 35.5. The molecule has 0 saturated carbocycles. The molecule has 0 spiro atoms. The van der Waals surface area contributed by atoms with Crippen LogP contribution in [-0.4, -0.2) is 29.9 Å². The number of Topliss-reactive ketones (excluding diaryl/α,β-unsaturated/α-hetero) is 1. The summed E-state index contributed by atoms with van der Waals surface area (Å²) in [6, 6.07) is 6.65. The predicted molar refractivity (Wildman–Crippen MR) is 90.5 cm³/mol. The van der Waals surface area contributed by atoms with Crippen molar-refractivity contribution < 1.29 is 14.3 Å². The minimum atomic E-state index is -0.460. The molecule has 0 saturated heterocycles. The van der Waals surface area contributed by atoms with Gasteiger partial charge in [-0.1, -0.05) is 11.6 Å². The number of carbonyl (C=O) groups is 2. The van der Waals surface area contributed by atoms with E-state index in [0.29, 0.717) is 27.5 Å². The Morgan fingerprint density at radius 1 is 1.22 bits per heavy atom. The Labute approximate surface area is 140 Å². The summed E-state index contributed by atoms with van der Waals surface area (Å²) in [5.41, 5.74) is 2.84. The van der Waals surface area contributed by atoms with Gasteiger partial charge in [-0.3, -0.25) is 4.79 Å². The number of anilines is 1. The molecule has 0 bridgehead atoms. The molecule has 0 amide bonds. The highest BCUT2D eigenvalue weighted by molar-refractivity contribution is 6.30. The van der Waals surface area contributed by atoms with Crippen molar-refractivity contribution in [3.05, 3.63) is 51.8 Å². The van der Waals surface area contributed by atoms with Crippen LogP contribution in [0.2, 0.25) is 5.02 Å². The summed E-state index contributed by atoms with van der Waals surface area (Å²) in [6.45, 7) is 5.25. The van der Waals surface area contributed by atoms with Gasteiger partial charge in [-0.05, 0) is 50.6 Å². The largest absolute Gasteiger partial charge is 0.465 e. The van der Waals surface area contributed by atoms with E-state index in [1.807, 2.05) is 0 Å². The number of ether oxygens (including phenoxy) is 1. The highest BCUT2D eigenvalue weighted by Crippen LogP contribution is 2.21. The lowest BCUT2D eigenvalue weighted by Crippen LogP contribution is -2.27. The first-order chi connectivity index (χ1) is 10.8. The van der Waals surface area contributed by atoms with Gasteiger partial charge in [0.05, 0.1) is 24.4 Å². The summed E-state index contributed by atoms with van der Waals surface area (Å²) in [4.78, 5) is 27.4. The number of methoxy groups -OCH3 is 1. The zero-order valence-electron chi connectivity index (χ0n) is 13.5. The van der Waals surface area contributed by atoms with Crippen LogP contribution in [0.5, 0.6) is 0 Å². The second kappa shape index (κ2) is 6.87. The second-order valence-corrected chi connectivity index (χ2v) is 5.79. The van der Waals surface area contributed by atoms with Gasteiger partial charge >= 0.3 is 5.97 Å². The van der Waals surface area contributed by atoms with E-state index in [2.05, 4.69) is 10.3 Å². The molecule has 1 aromatic heterocycles. The molecule has 1 heterocycles. The number of aryl methyl sites for hydroxylation is 1.